The van der Waals surface area contributed by atoms with Crippen LogP contribution in [-0.2, 0) is 21.1 Å². The topological polar surface area (TPSA) is 110 Å². The standard InChI is InChI=1S/C19H21NO6S/c1-4-12-5-6-14(11-16(12)27(3,24)25)18(21)20-17(19(22)23)13-7-9-15(26-2)10-8-13/h5-11,17H,4H2,1-3H3,(H,20,21)(H,22,23). The number of nitrogens with one attached hydrogen (secondary N) is 1. The summed E-state index contributed by atoms with van der Waals surface area (Å²) in [5, 5.41) is 11.9. The van der Waals surface area contributed by atoms with Gasteiger partial charge in [-0.15, -0.1) is 0 Å². The number of hydrogen-bond donors (Lipinski definition) is 2. The van der Waals surface area contributed by atoms with Crippen LogP contribution in [0.25, 0.3) is 0 Å². The number of methoxy groups -OCH3 is 1. The Morgan fingerprint density at radius 1 is 1.15 bits per heavy atom. The number of carboxylic acids is 1. The van der Waals surface area contributed by atoms with Crippen molar-refractivity contribution in [2.24, 2.45) is 0 Å². The predicted molar refractivity (Wildman–Crippen MR) is 99.8 cm³/mol. The van der Waals surface area contributed by atoms with Gasteiger partial charge in [-0.05, 0) is 41.8 Å². The van der Waals surface area contributed by atoms with Crippen molar-refractivity contribution in [3.63, 3.8) is 0 Å². The molecule has 2 aromatic rings. The maximum atomic E-state index is 12.5. The normalized spacial score (nSPS) is 12.3. The fraction of sp³-hybridized carbons (Fsp3) is 0.263. The first-order chi connectivity index (χ1) is 12.7. The summed E-state index contributed by atoms with van der Waals surface area (Å²) < 4.78 is 29.0. The van der Waals surface area contributed by atoms with Crippen LogP contribution in [0.4, 0.5) is 0 Å². The number of sulfone groups is 1. The average Bonchev–Trinajstić information content (AvgIpc) is 2.64. The molecule has 0 fully saturated rings. The molecule has 144 valence electrons. The summed E-state index contributed by atoms with van der Waals surface area (Å²) in [6.45, 7) is 1.81. The van der Waals surface area contributed by atoms with Gasteiger partial charge < -0.3 is 15.2 Å². The molecule has 0 bridgehead atoms. The molecule has 7 nitrogen and oxygen atoms in total. The average molecular weight is 391 g/mol. The zero-order valence-corrected chi connectivity index (χ0v) is 16.0. The smallest absolute Gasteiger partial charge is 0.330 e. The van der Waals surface area contributed by atoms with Gasteiger partial charge in [0.15, 0.2) is 15.9 Å². The van der Waals surface area contributed by atoms with Crippen LogP contribution in [0.1, 0.15) is 34.5 Å². The van der Waals surface area contributed by atoms with E-state index in [0.717, 1.165) is 6.26 Å². The molecule has 2 N–H and O–H groups in total. The quantitative estimate of drug-likeness (QED) is 0.749. The van der Waals surface area contributed by atoms with E-state index >= 15 is 0 Å². The number of hydrogen-bond acceptors (Lipinski definition) is 5. The summed E-state index contributed by atoms with van der Waals surface area (Å²) in [6.07, 6.45) is 1.56. The van der Waals surface area contributed by atoms with Crippen LogP contribution in [-0.4, -0.2) is 38.8 Å². The van der Waals surface area contributed by atoms with Gasteiger partial charge in [0.25, 0.3) is 5.91 Å². The van der Waals surface area contributed by atoms with Gasteiger partial charge in [-0.25, -0.2) is 13.2 Å². The summed E-state index contributed by atoms with van der Waals surface area (Å²) in [7, 11) is -2.03. The van der Waals surface area contributed by atoms with Crippen LogP contribution >= 0.6 is 0 Å². The molecule has 0 aromatic heterocycles. The van der Waals surface area contributed by atoms with Gasteiger partial charge in [-0.3, -0.25) is 4.79 Å². The minimum atomic E-state index is -3.52. The molecule has 0 radical (unpaired) electrons. The lowest BCUT2D eigenvalue weighted by atomic mass is 10.1. The van der Waals surface area contributed by atoms with Gasteiger partial charge in [0, 0.05) is 11.8 Å². The van der Waals surface area contributed by atoms with Crippen molar-refractivity contribution in [3.8, 4) is 5.75 Å². The maximum absolute atomic E-state index is 12.5. The fourth-order valence-electron chi connectivity index (χ4n) is 2.63. The van der Waals surface area contributed by atoms with E-state index < -0.39 is 27.8 Å². The lowest BCUT2D eigenvalue weighted by Gasteiger charge is -2.16. The van der Waals surface area contributed by atoms with Crippen molar-refractivity contribution in [2.75, 3.05) is 13.4 Å². The number of aryl methyl sites for hydroxylation is 1. The summed E-state index contributed by atoms with van der Waals surface area (Å²) in [5.74, 6) is -1.35. The SMILES string of the molecule is CCc1ccc(C(=O)NC(C(=O)O)c2ccc(OC)cc2)cc1S(C)(=O)=O. The van der Waals surface area contributed by atoms with Gasteiger partial charge in [-0.2, -0.15) is 0 Å². The summed E-state index contributed by atoms with van der Waals surface area (Å²) in [4.78, 5) is 24.2. The van der Waals surface area contributed by atoms with Crippen LogP contribution in [0.3, 0.4) is 0 Å². The Balaban J connectivity index is 2.34. The van der Waals surface area contributed by atoms with Crippen LogP contribution < -0.4 is 10.1 Å². The van der Waals surface area contributed by atoms with Gasteiger partial charge in [0.2, 0.25) is 0 Å². The molecule has 1 atom stereocenters. The predicted octanol–water partition coefficient (Wildman–Crippen LogP) is 2.22. The second kappa shape index (κ2) is 8.22. The van der Waals surface area contributed by atoms with Crippen LogP contribution in [0.15, 0.2) is 47.4 Å². The van der Waals surface area contributed by atoms with Crippen LogP contribution in [0.5, 0.6) is 5.75 Å². The molecule has 27 heavy (non-hydrogen) atoms. The van der Waals surface area contributed by atoms with E-state index in [1.54, 1.807) is 30.3 Å². The minimum Gasteiger partial charge on any atom is -0.497 e. The zero-order chi connectivity index (χ0) is 20.2. The van der Waals surface area contributed by atoms with Crippen molar-refractivity contribution < 1.29 is 27.9 Å². The second-order valence-corrected chi connectivity index (χ2v) is 7.95. The molecule has 8 heteroatoms. The lowest BCUT2D eigenvalue weighted by molar-refractivity contribution is -0.139. The summed E-state index contributed by atoms with van der Waals surface area (Å²) in [5.41, 5.74) is 1.04. The van der Waals surface area contributed by atoms with Crippen molar-refractivity contribution >= 4 is 21.7 Å². The Labute approximate surface area is 157 Å². The number of carboxylic acid groups (broad SMARTS) is 1. The molecular weight excluding hydrogens is 370 g/mol. The van der Waals surface area contributed by atoms with Gasteiger partial charge >= 0.3 is 5.97 Å². The highest BCUT2D eigenvalue weighted by molar-refractivity contribution is 7.90. The van der Waals surface area contributed by atoms with E-state index in [1.165, 1.54) is 19.2 Å². The number of ether oxygens (including phenoxy) is 1. The monoisotopic (exact) mass is 391 g/mol. The van der Waals surface area contributed by atoms with Gasteiger partial charge in [-0.1, -0.05) is 25.1 Å². The molecular formula is C19H21NO6S. The third kappa shape index (κ3) is 4.85. The van der Waals surface area contributed by atoms with E-state index in [9.17, 15) is 23.1 Å². The van der Waals surface area contributed by atoms with Crippen LogP contribution in [0.2, 0.25) is 0 Å². The Morgan fingerprint density at radius 2 is 1.78 bits per heavy atom. The Bertz CT molecular complexity index is 951. The molecule has 2 rings (SSSR count). The zero-order valence-electron chi connectivity index (χ0n) is 15.2. The number of aliphatic carboxylic acids is 1. The molecule has 0 saturated heterocycles. The van der Waals surface area contributed by atoms with E-state index in [-0.39, 0.29) is 10.5 Å². The van der Waals surface area contributed by atoms with E-state index in [4.69, 9.17) is 4.74 Å². The maximum Gasteiger partial charge on any atom is 0.330 e. The van der Waals surface area contributed by atoms with Gasteiger partial charge in [0.05, 0.1) is 12.0 Å². The molecule has 0 aliphatic rings. The Morgan fingerprint density at radius 3 is 2.26 bits per heavy atom. The van der Waals surface area contributed by atoms with E-state index in [2.05, 4.69) is 5.32 Å². The first kappa shape index (κ1) is 20.4. The highest BCUT2D eigenvalue weighted by Gasteiger charge is 2.24. The van der Waals surface area contributed by atoms with Crippen molar-refractivity contribution in [1.29, 1.82) is 0 Å². The highest BCUT2D eigenvalue weighted by Crippen LogP contribution is 2.21. The number of benzene rings is 2. The molecule has 0 saturated carbocycles. The third-order valence-electron chi connectivity index (χ3n) is 4.08. The Hall–Kier alpha value is -2.87. The molecule has 0 aliphatic heterocycles. The minimum absolute atomic E-state index is 0.0639. The lowest BCUT2D eigenvalue weighted by Crippen LogP contribution is -2.33. The Kier molecular flexibility index (Phi) is 6.22. The number of amides is 1. The first-order valence-electron chi connectivity index (χ1n) is 8.18. The largest absolute Gasteiger partial charge is 0.497 e. The molecule has 0 aliphatic carbocycles. The first-order valence-corrected chi connectivity index (χ1v) is 10.1. The second-order valence-electron chi connectivity index (χ2n) is 5.97. The summed E-state index contributed by atoms with van der Waals surface area (Å²) in [6, 6.07) is 9.31. The van der Waals surface area contributed by atoms with E-state index in [1.807, 2.05) is 6.92 Å². The molecule has 0 heterocycles. The summed E-state index contributed by atoms with van der Waals surface area (Å²) >= 11 is 0. The molecule has 1 unspecified atom stereocenters. The van der Waals surface area contributed by atoms with Crippen molar-refractivity contribution in [1.82, 2.24) is 5.32 Å². The molecule has 0 spiro atoms. The van der Waals surface area contributed by atoms with E-state index in [0.29, 0.717) is 23.3 Å². The van der Waals surface area contributed by atoms with Crippen molar-refractivity contribution in [3.05, 3.63) is 59.2 Å². The van der Waals surface area contributed by atoms with Gasteiger partial charge in [0.1, 0.15) is 5.75 Å². The third-order valence-corrected chi connectivity index (χ3v) is 5.26. The number of carbonyl (C=O) groups is 2. The number of carbonyl (C=O) groups excluding carboxylic acids is 1. The van der Waals surface area contributed by atoms with Crippen molar-refractivity contribution in [2.45, 2.75) is 24.3 Å². The van der Waals surface area contributed by atoms with Crippen LogP contribution in [0, 0.1) is 0 Å². The fourth-order valence-corrected chi connectivity index (χ4v) is 3.66. The molecule has 2 aromatic carbocycles. The molecule has 1 amide bonds. The number of rotatable bonds is 7. The highest BCUT2D eigenvalue weighted by atomic mass is 32.2.